The topological polar surface area (TPSA) is 76.1 Å². The van der Waals surface area contributed by atoms with E-state index in [1.165, 1.54) is 11.3 Å². The van der Waals surface area contributed by atoms with Crippen LogP contribution >= 0.6 is 11.3 Å². The van der Waals surface area contributed by atoms with Crippen molar-refractivity contribution in [3.05, 3.63) is 34.8 Å². The molecule has 1 amide bonds. The fraction of sp³-hybridized carbons (Fsp3) is 0.250. The van der Waals surface area contributed by atoms with Crippen LogP contribution in [0, 0.1) is 0 Å². The molecular weight excluding hydrogens is 264 g/mol. The van der Waals surface area contributed by atoms with Gasteiger partial charge in [0.2, 0.25) is 10.1 Å². The van der Waals surface area contributed by atoms with Crippen molar-refractivity contribution < 1.29 is 9.53 Å². The second-order valence-corrected chi connectivity index (χ2v) is 4.63. The molecule has 2 N–H and O–H groups in total. The second kappa shape index (κ2) is 6.14. The van der Waals surface area contributed by atoms with Crippen LogP contribution in [0.15, 0.2) is 24.3 Å². The third kappa shape index (κ3) is 3.19. The minimum Gasteiger partial charge on any atom is -0.496 e. The molecule has 0 atom stereocenters. The summed E-state index contributed by atoms with van der Waals surface area (Å²) in [5, 5.41) is 14.2. The first-order valence-electron chi connectivity index (χ1n) is 5.66. The average molecular weight is 278 g/mol. The molecule has 2 rings (SSSR count). The summed E-state index contributed by atoms with van der Waals surface area (Å²) in [4.78, 5) is 11.9. The molecule has 1 heterocycles. The number of anilines is 1. The van der Waals surface area contributed by atoms with E-state index < -0.39 is 0 Å². The zero-order valence-corrected chi connectivity index (χ0v) is 11.5. The number of amides is 1. The van der Waals surface area contributed by atoms with Gasteiger partial charge in [0, 0.05) is 19.2 Å². The number of benzene rings is 1. The summed E-state index contributed by atoms with van der Waals surface area (Å²) in [7, 11) is 3.33. The Hall–Kier alpha value is -2.15. The van der Waals surface area contributed by atoms with Gasteiger partial charge in [0.05, 0.1) is 7.11 Å². The van der Waals surface area contributed by atoms with E-state index >= 15 is 0 Å². The van der Waals surface area contributed by atoms with Crippen LogP contribution in [0.4, 0.5) is 5.13 Å². The molecule has 0 spiro atoms. The molecule has 1 aromatic heterocycles. The first-order chi connectivity index (χ1) is 9.24. The van der Waals surface area contributed by atoms with Gasteiger partial charge in [0.15, 0.2) is 0 Å². The van der Waals surface area contributed by atoms with Gasteiger partial charge in [-0.1, -0.05) is 29.5 Å². The van der Waals surface area contributed by atoms with Crippen LogP contribution in [0.1, 0.15) is 15.4 Å². The number of aromatic nitrogens is 2. The van der Waals surface area contributed by atoms with E-state index in [9.17, 15) is 4.79 Å². The lowest BCUT2D eigenvalue weighted by Gasteiger charge is -2.08. The van der Waals surface area contributed by atoms with E-state index in [1.54, 1.807) is 14.2 Å². The largest absolute Gasteiger partial charge is 0.496 e. The molecule has 0 radical (unpaired) electrons. The number of para-hydroxylation sites is 1. The molecular formula is C12H14N4O2S. The number of methoxy groups -OCH3 is 1. The number of nitrogens with zero attached hydrogens (tertiary/aromatic N) is 2. The Morgan fingerprint density at radius 1 is 1.37 bits per heavy atom. The Labute approximate surface area is 114 Å². The van der Waals surface area contributed by atoms with E-state index in [2.05, 4.69) is 20.8 Å². The summed E-state index contributed by atoms with van der Waals surface area (Å²) < 4.78 is 5.22. The van der Waals surface area contributed by atoms with Gasteiger partial charge in [-0.25, -0.2) is 0 Å². The summed E-state index contributed by atoms with van der Waals surface area (Å²) in [6.45, 7) is 0.386. The minimum absolute atomic E-state index is 0.245. The fourth-order valence-electron chi connectivity index (χ4n) is 1.52. The molecule has 1 aromatic carbocycles. The lowest BCUT2D eigenvalue weighted by molar-refractivity contribution is 0.0949. The Morgan fingerprint density at radius 3 is 2.84 bits per heavy atom. The summed E-state index contributed by atoms with van der Waals surface area (Å²) >= 11 is 1.21. The van der Waals surface area contributed by atoms with Crippen molar-refractivity contribution >= 4 is 22.4 Å². The third-order valence-electron chi connectivity index (χ3n) is 2.47. The molecule has 19 heavy (non-hydrogen) atoms. The highest BCUT2D eigenvalue weighted by molar-refractivity contribution is 7.17. The van der Waals surface area contributed by atoms with Crippen LogP contribution < -0.4 is 15.4 Å². The first kappa shape index (κ1) is 13.3. The zero-order chi connectivity index (χ0) is 13.7. The number of hydrogen-bond donors (Lipinski definition) is 2. The van der Waals surface area contributed by atoms with Crippen molar-refractivity contribution in [2.45, 2.75) is 6.54 Å². The number of hydrogen-bond acceptors (Lipinski definition) is 6. The summed E-state index contributed by atoms with van der Waals surface area (Å²) in [5.74, 6) is 0.501. The van der Waals surface area contributed by atoms with E-state index in [0.29, 0.717) is 16.7 Å². The molecule has 0 aliphatic rings. The van der Waals surface area contributed by atoms with E-state index in [0.717, 1.165) is 11.3 Å². The van der Waals surface area contributed by atoms with Crippen molar-refractivity contribution in [3.8, 4) is 5.75 Å². The van der Waals surface area contributed by atoms with Crippen LogP contribution in [-0.4, -0.2) is 30.3 Å². The molecule has 0 fully saturated rings. The monoisotopic (exact) mass is 278 g/mol. The lowest BCUT2D eigenvalue weighted by Crippen LogP contribution is -2.22. The first-order valence-corrected chi connectivity index (χ1v) is 6.47. The van der Waals surface area contributed by atoms with Gasteiger partial charge in [-0.2, -0.15) is 0 Å². The Bertz CT molecular complexity index is 570. The van der Waals surface area contributed by atoms with Crippen LogP contribution in [0.2, 0.25) is 0 Å². The van der Waals surface area contributed by atoms with Gasteiger partial charge in [0.1, 0.15) is 5.75 Å². The molecule has 2 aromatic rings. The Kier molecular flexibility index (Phi) is 4.30. The maximum atomic E-state index is 11.9. The SMILES string of the molecule is CNc1nnc(C(=O)NCc2ccccc2OC)s1. The smallest absolute Gasteiger partial charge is 0.282 e. The fourth-order valence-corrected chi connectivity index (χ4v) is 2.13. The molecule has 0 saturated heterocycles. The maximum absolute atomic E-state index is 11.9. The molecule has 0 unspecified atom stereocenters. The van der Waals surface area contributed by atoms with E-state index in [4.69, 9.17) is 4.74 Å². The highest BCUT2D eigenvalue weighted by atomic mass is 32.1. The highest BCUT2D eigenvalue weighted by Gasteiger charge is 2.12. The zero-order valence-electron chi connectivity index (χ0n) is 10.6. The summed E-state index contributed by atoms with van der Waals surface area (Å²) in [6.07, 6.45) is 0. The Balaban J connectivity index is 2.00. The van der Waals surface area contributed by atoms with Crippen molar-refractivity contribution in [1.82, 2.24) is 15.5 Å². The maximum Gasteiger partial charge on any atom is 0.282 e. The molecule has 0 bridgehead atoms. The van der Waals surface area contributed by atoms with Gasteiger partial charge in [-0.15, -0.1) is 10.2 Å². The van der Waals surface area contributed by atoms with Crippen LogP contribution in [0.25, 0.3) is 0 Å². The van der Waals surface area contributed by atoms with Gasteiger partial charge < -0.3 is 15.4 Å². The standard InChI is InChI=1S/C12H14N4O2S/c1-13-12-16-15-11(19-12)10(17)14-7-8-5-3-4-6-9(8)18-2/h3-6H,7H2,1-2H3,(H,13,16)(H,14,17). The third-order valence-corrected chi connectivity index (χ3v) is 3.40. The van der Waals surface area contributed by atoms with Gasteiger partial charge in [-0.05, 0) is 6.07 Å². The number of nitrogens with one attached hydrogen (secondary N) is 2. The van der Waals surface area contributed by atoms with Crippen LogP contribution in [0.3, 0.4) is 0 Å². The quantitative estimate of drug-likeness (QED) is 0.867. The number of carbonyl (C=O) groups is 1. The van der Waals surface area contributed by atoms with E-state index in [1.807, 2.05) is 24.3 Å². The van der Waals surface area contributed by atoms with E-state index in [-0.39, 0.29) is 5.91 Å². The number of rotatable bonds is 5. The lowest BCUT2D eigenvalue weighted by atomic mass is 10.2. The van der Waals surface area contributed by atoms with Crippen molar-refractivity contribution in [1.29, 1.82) is 0 Å². The summed E-state index contributed by atoms with van der Waals surface area (Å²) in [6, 6.07) is 7.53. The van der Waals surface area contributed by atoms with Crippen molar-refractivity contribution in [2.75, 3.05) is 19.5 Å². The highest BCUT2D eigenvalue weighted by Crippen LogP contribution is 2.18. The van der Waals surface area contributed by atoms with Gasteiger partial charge in [-0.3, -0.25) is 4.79 Å². The predicted octanol–water partition coefficient (Wildman–Crippen LogP) is 1.52. The van der Waals surface area contributed by atoms with Gasteiger partial charge in [0.25, 0.3) is 5.91 Å². The van der Waals surface area contributed by atoms with Gasteiger partial charge >= 0.3 is 0 Å². The Morgan fingerprint density at radius 2 is 2.16 bits per heavy atom. The average Bonchev–Trinajstić information content (AvgIpc) is 2.94. The van der Waals surface area contributed by atoms with Crippen molar-refractivity contribution in [3.63, 3.8) is 0 Å². The van der Waals surface area contributed by atoms with Crippen LogP contribution in [-0.2, 0) is 6.54 Å². The van der Waals surface area contributed by atoms with Crippen molar-refractivity contribution in [2.24, 2.45) is 0 Å². The molecule has 0 aliphatic heterocycles. The normalized spacial score (nSPS) is 10.0. The summed E-state index contributed by atoms with van der Waals surface area (Å²) in [5.41, 5.74) is 0.914. The molecule has 6 nitrogen and oxygen atoms in total. The molecule has 0 saturated carbocycles. The second-order valence-electron chi connectivity index (χ2n) is 3.66. The van der Waals surface area contributed by atoms with Crippen LogP contribution in [0.5, 0.6) is 5.75 Å². The molecule has 7 heteroatoms. The predicted molar refractivity (Wildman–Crippen MR) is 73.6 cm³/mol. The molecule has 0 aliphatic carbocycles. The minimum atomic E-state index is -0.245. The molecule has 100 valence electrons. The number of ether oxygens (including phenoxy) is 1. The number of carbonyl (C=O) groups excluding carboxylic acids is 1.